The number of esters is 1. The zero-order chi connectivity index (χ0) is 15.8. The molecular weight excluding hydrogens is 280 g/mol. The maximum atomic E-state index is 12.2. The van der Waals surface area contributed by atoms with Gasteiger partial charge in [0.05, 0.1) is 12.7 Å². The number of carbonyl (C=O) groups is 2. The van der Waals surface area contributed by atoms with Crippen LogP contribution in [0.15, 0.2) is 24.3 Å². The van der Waals surface area contributed by atoms with Crippen LogP contribution >= 0.6 is 0 Å². The van der Waals surface area contributed by atoms with Gasteiger partial charge >= 0.3 is 5.97 Å². The highest BCUT2D eigenvalue weighted by Gasteiger charge is 2.14. The van der Waals surface area contributed by atoms with Crippen LogP contribution in [0.1, 0.15) is 42.5 Å². The van der Waals surface area contributed by atoms with Crippen LogP contribution < -0.4 is 5.32 Å². The van der Waals surface area contributed by atoms with Crippen molar-refractivity contribution in [2.24, 2.45) is 0 Å². The number of rotatable bonds is 5. The molecule has 0 atom stereocenters. The minimum atomic E-state index is -0.357. The summed E-state index contributed by atoms with van der Waals surface area (Å²) in [5.74, 6) is -0.150. The number of anilines is 1. The Labute approximate surface area is 131 Å². The fraction of sp³-hybridized carbons (Fsp3) is 0.529. The molecule has 1 aromatic carbocycles. The van der Waals surface area contributed by atoms with E-state index < -0.39 is 0 Å². The first-order valence-corrected chi connectivity index (χ1v) is 7.91. The molecule has 0 aromatic heterocycles. The van der Waals surface area contributed by atoms with E-state index in [1.165, 1.54) is 20.0 Å². The lowest BCUT2D eigenvalue weighted by Crippen LogP contribution is -2.32. The van der Waals surface area contributed by atoms with Crippen molar-refractivity contribution < 1.29 is 14.3 Å². The van der Waals surface area contributed by atoms with E-state index in [0.29, 0.717) is 18.5 Å². The molecule has 1 amide bonds. The largest absolute Gasteiger partial charge is 0.465 e. The first kappa shape index (κ1) is 16.3. The van der Waals surface area contributed by atoms with Gasteiger partial charge in [-0.15, -0.1) is 0 Å². The molecule has 0 radical (unpaired) electrons. The Morgan fingerprint density at radius 1 is 1.18 bits per heavy atom. The maximum absolute atomic E-state index is 12.2. The predicted molar refractivity (Wildman–Crippen MR) is 85.9 cm³/mol. The maximum Gasteiger partial charge on any atom is 0.337 e. The van der Waals surface area contributed by atoms with Gasteiger partial charge in [-0.2, -0.15) is 0 Å². The van der Waals surface area contributed by atoms with E-state index >= 15 is 0 Å². The summed E-state index contributed by atoms with van der Waals surface area (Å²) in [5.41, 5.74) is 1.33. The molecular formula is C17H24N2O3. The molecule has 1 fully saturated rings. The number of amides is 1. The molecule has 5 nitrogen and oxygen atoms in total. The van der Waals surface area contributed by atoms with Gasteiger partial charge < -0.3 is 15.0 Å². The van der Waals surface area contributed by atoms with Crippen molar-refractivity contribution in [2.75, 3.05) is 32.1 Å². The fourth-order valence-corrected chi connectivity index (χ4v) is 2.67. The zero-order valence-electron chi connectivity index (χ0n) is 13.1. The minimum absolute atomic E-state index is 0.207. The Morgan fingerprint density at radius 3 is 2.59 bits per heavy atom. The molecule has 1 aliphatic rings. The number of methoxy groups -OCH3 is 1. The molecule has 1 N–H and O–H groups in total. The Hall–Kier alpha value is -2.04. The van der Waals surface area contributed by atoms with Crippen LogP contribution in [0, 0.1) is 0 Å². The lowest BCUT2D eigenvalue weighted by molar-refractivity contribution is -0.130. The smallest absolute Gasteiger partial charge is 0.337 e. The van der Waals surface area contributed by atoms with Gasteiger partial charge in [0.25, 0.3) is 0 Å². The zero-order valence-corrected chi connectivity index (χ0v) is 13.1. The van der Waals surface area contributed by atoms with E-state index in [2.05, 4.69) is 5.32 Å². The number of likely N-dealkylation sites (tertiary alicyclic amines) is 1. The molecule has 0 spiro atoms. The van der Waals surface area contributed by atoms with E-state index in [0.717, 1.165) is 31.6 Å². The van der Waals surface area contributed by atoms with Gasteiger partial charge in [-0.25, -0.2) is 4.79 Å². The molecule has 2 rings (SSSR count). The van der Waals surface area contributed by atoms with Gasteiger partial charge in [0.2, 0.25) is 5.91 Å². The van der Waals surface area contributed by atoms with E-state index in [1.54, 1.807) is 18.2 Å². The van der Waals surface area contributed by atoms with Crippen LogP contribution in [0.3, 0.4) is 0 Å². The number of carbonyl (C=O) groups excluding carboxylic acids is 2. The molecule has 1 aromatic rings. The van der Waals surface area contributed by atoms with Crippen LogP contribution in [0.5, 0.6) is 0 Å². The number of benzene rings is 1. The highest BCUT2D eigenvalue weighted by molar-refractivity contribution is 5.90. The molecule has 5 heteroatoms. The van der Waals surface area contributed by atoms with E-state index in [9.17, 15) is 9.59 Å². The Kier molecular flexibility index (Phi) is 6.25. The number of ether oxygens (including phenoxy) is 1. The number of hydrogen-bond acceptors (Lipinski definition) is 4. The third-order valence-corrected chi connectivity index (χ3v) is 3.91. The highest BCUT2D eigenvalue weighted by Crippen LogP contribution is 2.13. The Morgan fingerprint density at radius 2 is 1.91 bits per heavy atom. The minimum Gasteiger partial charge on any atom is -0.465 e. The summed E-state index contributed by atoms with van der Waals surface area (Å²) in [7, 11) is 1.36. The normalized spacial score (nSPS) is 15.0. The lowest BCUT2D eigenvalue weighted by Gasteiger charge is -2.20. The van der Waals surface area contributed by atoms with Gasteiger partial charge in [0, 0.05) is 31.7 Å². The van der Waals surface area contributed by atoms with Gasteiger partial charge in [-0.05, 0) is 31.0 Å². The quantitative estimate of drug-likeness (QED) is 0.850. The Balaban J connectivity index is 1.80. The van der Waals surface area contributed by atoms with E-state index in [4.69, 9.17) is 4.74 Å². The summed E-state index contributed by atoms with van der Waals surface area (Å²) in [4.78, 5) is 25.6. The topological polar surface area (TPSA) is 58.6 Å². The molecule has 1 aliphatic heterocycles. The molecule has 0 saturated carbocycles. The first-order valence-electron chi connectivity index (χ1n) is 7.91. The molecule has 0 aliphatic carbocycles. The lowest BCUT2D eigenvalue weighted by atomic mass is 10.2. The summed E-state index contributed by atoms with van der Waals surface area (Å²) in [6, 6.07) is 7.12. The van der Waals surface area contributed by atoms with Gasteiger partial charge in [0.15, 0.2) is 0 Å². The molecule has 120 valence electrons. The van der Waals surface area contributed by atoms with Gasteiger partial charge in [-0.1, -0.05) is 18.9 Å². The van der Waals surface area contributed by atoms with Crippen molar-refractivity contribution in [1.82, 2.24) is 4.90 Å². The first-order chi connectivity index (χ1) is 10.7. The van der Waals surface area contributed by atoms with Crippen LogP contribution in [0.25, 0.3) is 0 Å². The number of nitrogens with one attached hydrogen (secondary N) is 1. The van der Waals surface area contributed by atoms with Crippen LogP contribution in [0.4, 0.5) is 5.69 Å². The number of hydrogen-bond donors (Lipinski definition) is 1. The van der Waals surface area contributed by atoms with Crippen LogP contribution in [-0.4, -0.2) is 43.5 Å². The van der Waals surface area contributed by atoms with Crippen LogP contribution in [-0.2, 0) is 9.53 Å². The molecule has 1 heterocycles. The van der Waals surface area contributed by atoms with Crippen molar-refractivity contribution >= 4 is 17.6 Å². The second-order valence-corrected chi connectivity index (χ2v) is 5.54. The summed E-state index contributed by atoms with van der Waals surface area (Å²) >= 11 is 0. The summed E-state index contributed by atoms with van der Waals surface area (Å²) < 4.78 is 4.70. The van der Waals surface area contributed by atoms with Gasteiger partial charge in [0.1, 0.15) is 0 Å². The average Bonchev–Trinajstić information content (AvgIpc) is 2.83. The standard InChI is InChI=1S/C17H24N2O3/c1-22-17(21)14-7-6-8-15(13-14)18-10-9-16(20)19-11-4-2-3-5-12-19/h6-8,13,18H,2-5,9-12H2,1H3. The van der Waals surface area contributed by atoms with Crippen molar-refractivity contribution in [3.05, 3.63) is 29.8 Å². The summed E-state index contributed by atoms with van der Waals surface area (Å²) in [6.45, 7) is 2.34. The second-order valence-electron chi connectivity index (χ2n) is 5.54. The fourth-order valence-electron chi connectivity index (χ4n) is 2.67. The van der Waals surface area contributed by atoms with Crippen LogP contribution in [0.2, 0.25) is 0 Å². The predicted octanol–water partition coefficient (Wildman–Crippen LogP) is 2.68. The van der Waals surface area contributed by atoms with Crippen molar-refractivity contribution in [2.45, 2.75) is 32.1 Å². The molecule has 1 saturated heterocycles. The molecule has 0 unspecified atom stereocenters. The number of nitrogens with zero attached hydrogens (tertiary/aromatic N) is 1. The second kappa shape index (κ2) is 8.41. The molecule has 22 heavy (non-hydrogen) atoms. The third kappa shape index (κ3) is 4.76. The summed E-state index contributed by atoms with van der Waals surface area (Å²) in [6.07, 6.45) is 5.15. The highest BCUT2D eigenvalue weighted by atomic mass is 16.5. The van der Waals surface area contributed by atoms with E-state index in [1.807, 2.05) is 11.0 Å². The van der Waals surface area contributed by atoms with Gasteiger partial charge in [-0.3, -0.25) is 4.79 Å². The Bertz CT molecular complexity index is 508. The SMILES string of the molecule is COC(=O)c1cccc(NCCC(=O)N2CCCCCC2)c1. The monoisotopic (exact) mass is 304 g/mol. The third-order valence-electron chi connectivity index (χ3n) is 3.91. The average molecular weight is 304 g/mol. The van der Waals surface area contributed by atoms with Crippen molar-refractivity contribution in [3.8, 4) is 0 Å². The summed E-state index contributed by atoms with van der Waals surface area (Å²) in [5, 5.41) is 3.19. The molecule has 0 bridgehead atoms. The van der Waals surface area contributed by atoms with Crippen molar-refractivity contribution in [1.29, 1.82) is 0 Å². The van der Waals surface area contributed by atoms with E-state index in [-0.39, 0.29) is 11.9 Å². The van der Waals surface area contributed by atoms with Crippen molar-refractivity contribution in [3.63, 3.8) is 0 Å².